The van der Waals surface area contributed by atoms with E-state index in [2.05, 4.69) is 29.7 Å². The number of hydrogen-bond donors (Lipinski definition) is 2. The van der Waals surface area contributed by atoms with E-state index >= 15 is 0 Å². The van der Waals surface area contributed by atoms with E-state index in [-0.39, 0.29) is 6.03 Å². The van der Waals surface area contributed by atoms with Gasteiger partial charge >= 0.3 is 6.03 Å². The van der Waals surface area contributed by atoms with Crippen molar-refractivity contribution in [3.63, 3.8) is 0 Å². The van der Waals surface area contributed by atoms with Gasteiger partial charge in [0.2, 0.25) is 0 Å². The zero-order valence-electron chi connectivity index (χ0n) is 12.2. The Balaban J connectivity index is 1.58. The molecule has 0 saturated heterocycles. The third-order valence-corrected chi connectivity index (χ3v) is 4.78. The lowest BCUT2D eigenvalue weighted by molar-refractivity contribution is 0.232. The Morgan fingerprint density at radius 1 is 1.10 bits per heavy atom. The van der Waals surface area contributed by atoms with Gasteiger partial charge in [-0.1, -0.05) is 25.8 Å². The smallest absolute Gasteiger partial charge is 0.319 e. The van der Waals surface area contributed by atoms with Crippen LogP contribution in [0.1, 0.15) is 50.2 Å². The van der Waals surface area contributed by atoms with Crippen molar-refractivity contribution in [3.8, 4) is 0 Å². The summed E-state index contributed by atoms with van der Waals surface area (Å²) >= 11 is 0. The number of aryl methyl sites for hydroxylation is 2. The molecule has 0 aromatic heterocycles. The summed E-state index contributed by atoms with van der Waals surface area (Å²) in [4.78, 5) is 12.1. The number of carbonyl (C=O) groups is 1. The lowest BCUT2D eigenvalue weighted by Gasteiger charge is -2.29. The minimum absolute atomic E-state index is 0.0540. The highest BCUT2D eigenvalue weighted by molar-refractivity contribution is 5.89. The number of urea groups is 1. The monoisotopic (exact) mass is 272 g/mol. The summed E-state index contributed by atoms with van der Waals surface area (Å²) in [6.45, 7) is 2.24. The van der Waals surface area contributed by atoms with Crippen molar-refractivity contribution in [2.45, 2.75) is 57.9 Å². The van der Waals surface area contributed by atoms with Crippen LogP contribution in [0.3, 0.4) is 0 Å². The summed E-state index contributed by atoms with van der Waals surface area (Å²) in [6.07, 6.45) is 8.43. The second-order valence-corrected chi connectivity index (χ2v) is 6.30. The van der Waals surface area contributed by atoms with Crippen LogP contribution in [0.4, 0.5) is 10.5 Å². The van der Waals surface area contributed by atoms with Gasteiger partial charge in [-0.05, 0) is 61.3 Å². The highest BCUT2D eigenvalue weighted by Crippen LogP contribution is 2.26. The van der Waals surface area contributed by atoms with Crippen LogP contribution in [0, 0.1) is 5.92 Å². The summed E-state index contributed by atoms with van der Waals surface area (Å²) in [6, 6.07) is 6.58. The van der Waals surface area contributed by atoms with E-state index in [0.29, 0.717) is 12.0 Å². The zero-order valence-corrected chi connectivity index (χ0v) is 12.2. The Morgan fingerprint density at radius 3 is 2.75 bits per heavy atom. The molecule has 0 spiro atoms. The topological polar surface area (TPSA) is 41.1 Å². The SMILES string of the molecule is C[C@@H]1CCCC[C@@H]1NC(=O)Nc1ccc2c(c1)CCC2. The fraction of sp³-hybridized carbons (Fsp3) is 0.588. The normalized spacial score (nSPS) is 25.1. The largest absolute Gasteiger partial charge is 0.335 e. The van der Waals surface area contributed by atoms with Gasteiger partial charge in [0.1, 0.15) is 0 Å². The molecule has 20 heavy (non-hydrogen) atoms. The van der Waals surface area contributed by atoms with Crippen LogP contribution in [-0.2, 0) is 12.8 Å². The Hall–Kier alpha value is -1.51. The minimum atomic E-state index is -0.0540. The van der Waals surface area contributed by atoms with Crippen molar-refractivity contribution >= 4 is 11.7 Å². The second kappa shape index (κ2) is 5.86. The molecule has 1 aromatic carbocycles. The molecule has 1 saturated carbocycles. The maximum absolute atomic E-state index is 12.1. The van der Waals surface area contributed by atoms with Gasteiger partial charge in [-0.2, -0.15) is 0 Å². The van der Waals surface area contributed by atoms with E-state index in [1.54, 1.807) is 0 Å². The highest BCUT2D eigenvalue weighted by atomic mass is 16.2. The molecule has 2 aliphatic rings. The summed E-state index contributed by atoms with van der Waals surface area (Å²) in [7, 11) is 0. The first kappa shape index (κ1) is 13.5. The van der Waals surface area contributed by atoms with Crippen LogP contribution in [0.15, 0.2) is 18.2 Å². The van der Waals surface area contributed by atoms with Crippen molar-refractivity contribution < 1.29 is 4.79 Å². The molecule has 3 rings (SSSR count). The number of hydrogen-bond acceptors (Lipinski definition) is 1. The van der Waals surface area contributed by atoms with Crippen molar-refractivity contribution in [2.24, 2.45) is 5.92 Å². The van der Waals surface area contributed by atoms with Crippen molar-refractivity contribution in [1.82, 2.24) is 5.32 Å². The van der Waals surface area contributed by atoms with Gasteiger partial charge < -0.3 is 10.6 Å². The van der Waals surface area contributed by atoms with Gasteiger partial charge in [-0.25, -0.2) is 4.79 Å². The maximum atomic E-state index is 12.1. The third kappa shape index (κ3) is 2.97. The lowest BCUT2D eigenvalue weighted by atomic mass is 9.86. The van der Waals surface area contributed by atoms with E-state index in [4.69, 9.17) is 0 Å². The first-order valence-corrected chi connectivity index (χ1v) is 7.92. The van der Waals surface area contributed by atoms with E-state index in [9.17, 15) is 4.79 Å². The average molecular weight is 272 g/mol. The number of amides is 2. The number of anilines is 1. The quantitative estimate of drug-likeness (QED) is 0.843. The molecule has 3 heteroatoms. The van der Waals surface area contributed by atoms with Crippen LogP contribution in [0.25, 0.3) is 0 Å². The van der Waals surface area contributed by atoms with Crippen LogP contribution in [-0.4, -0.2) is 12.1 Å². The molecule has 3 nitrogen and oxygen atoms in total. The molecule has 0 unspecified atom stereocenters. The summed E-state index contributed by atoms with van der Waals surface area (Å²) in [5, 5.41) is 6.12. The molecule has 0 bridgehead atoms. The molecule has 0 heterocycles. The molecule has 108 valence electrons. The Morgan fingerprint density at radius 2 is 1.90 bits per heavy atom. The number of rotatable bonds is 2. The van der Waals surface area contributed by atoms with Gasteiger partial charge in [-0.15, -0.1) is 0 Å². The molecule has 1 aromatic rings. The summed E-state index contributed by atoms with van der Waals surface area (Å²) in [5.74, 6) is 0.592. The molecule has 1 fully saturated rings. The highest BCUT2D eigenvalue weighted by Gasteiger charge is 2.22. The maximum Gasteiger partial charge on any atom is 0.319 e. The zero-order chi connectivity index (χ0) is 13.9. The number of benzene rings is 1. The fourth-order valence-electron chi connectivity index (χ4n) is 3.52. The predicted molar refractivity (Wildman–Crippen MR) is 82.0 cm³/mol. The molecule has 2 amide bonds. The second-order valence-electron chi connectivity index (χ2n) is 6.30. The van der Waals surface area contributed by atoms with Gasteiger partial charge in [0.15, 0.2) is 0 Å². The average Bonchev–Trinajstić information content (AvgIpc) is 2.89. The predicted octanol–water partition coefficient (Wildman–Crippen LogP) is 3.88. The molecule has 2 atom stereocenters. The number of fused-ring (bicyclic) bond motifs is 1. The van der Waals surface area contributed by atoms with E-state index < -0.39 is 0 Å². The summed E-state index contributed by atoms with van der Waals surface area (Å²) in [5.41, 5.74) is 3.76. The first-order chi connectivity index (χ1) is 9.72. The van der Waals surface area contributed by atoms with Crippen LogP contribution >= 0.6 is 0 Å². The van der Waals surface area contributed by atoms with Gasteiger partial charge in [0.25, 0.3) is 0 Å². The molecule has 0 radical (unpaired) electrons. The van der Waals surface area contributed by atoms with Crippen LogP contribution in [0.2, 0.25) is 0 Å². The van der Waals surface area contributed by atoms with Crippen molar-refractivity contribution in [1.29, 1.82) is 0 Å². The lowest BCUT2D eigenvalue weighted by Crippen LogP contribution is -2.43. The third-order valence-electron chi connectivity index (χ3n) is 4.78. The Bertz CT molecular complexity index is 498. The van der Waals surface area contributed by atoms with Crippen molar-refractivity contribution in [2.75, 3.05) is 5.32 Å². The molecule has 2 aliphatic carbocycles. The number of carbonyl (C=O) groups excluding carboxylic acids is 1. The first-order valence-electron chi connectivity index (χ1n) is 7.92. The molecular formula is C17H24N2O. The Kier molecular flexibility index (Phi) is 3.95. The Labute approximate surface area is 121 Å². The van der Waals surface area contributed by atoms with E-state index in [0.717, 1.165) is 18.5 Å². The summed E-state index contributed by atoms with van der Waals surface area (Å²) < 4.78 is 0. The molecule has 2 N–H and O–H groups in total. The van der Waals surface area contributed by atoms with Gasteiger partial charge in [-0.3, -0.25) is 0 Å². The van der Waals surface area contributed by atoms with Crippen LogP contribution < -0.4 is 10.6 Å². The van der Waals surface area contributed by atoms with Gasteiger partial charge in [0.05, 0.1) is 0 Å². The van der Waals surface area contributed by atoms with Gasteiger partial charge in [0, 0.05) is 11.7 Å². The fourth-order valence-corrected chi connectivity index (χ4v) is 3.52. The van der Waals surface area contributed by atoms with Crippen LogP contribution in [0.5, 0.6) is 0 Å². The van der Waals surface area contributed by atoms with E-state index in [1.165, 1.54) is 43.2 Å². The number of nitrogens with one attached hydrogen (secondary N) is 2. The minimum Gasteiger partial charge on any atom is -0.335 e. The molecular weight excluding hydrogens is 248 g/mol. The van der Waals surface area contributed by atoms with Crippen molar-refractivity contribution in [3.05, 3.63) is 29.3 Å². The van der Waals surface area contributed by atoms with E-state index in [1.807, 2.05) is 6.07 Å². The standard InChI is InChI=1S/C17H24N2O/c1-12-5-2-3-8-16(12)19-17(20)18-15-10-9-13-6-4-7-14(13)11-15/h9-12,16H,2-8H2,1H3,(H2,18,19,20)/t12-,16+/m1/s1. The molecule has 0 aliphatic heterocycles.